The number of aliphatic hydroxyl groups is 8. The largest absolute Gasteiger partial charge is 2.00 e. The van der Waals surface area contributed by atoms with E-state index in [1.165, 1.54) is 0 Å². The van der Waals surface area contributed by atoms with Crippen LogP contribution in [0.2, 0.25) is 0 Å². The zero-order valence-electron chi connectivity index (χ0n) is 37.1. The van der Waals surface area contributed by atoms with E-state index in [4.69, 9.17) is 81.0 Å². The molecule has 0 aliphatic heterocycles. The summed E-state index contributed by atoms with van der Waals surface area (Å²) < 4.78 is 11.6. The predicted octanol–water partition coefficient (Wildman–Crippen LogP) is -4.55. The summed E-state index contributed by atoms with van der Waals surface area (Å²) in [6.45, 7) is 8.69. The molecule has 0 amide bonds. The van der Waals surface area contributed by atoms with Crippen molar-refractivity contribution in [1.82, 2.24) is 0 Å². The molecule has 26 nitrogen and oxygen atoms in total. The summed E-state index contributed by atoms with van der Waals surface area (Å²) in [6, 6.07) is 0. The Kier molecular flexibility index (Phi) is 35.2. The van der Waals surface area contributed by atoms with Crippen molar-refractivity contribution in [2.24, 2.45) is 11.8 Å². The molecule has 0 aliphatic rings. The van der Waals surface area contributed by atoms with E-state index < -0.39 is 96.9 Å². The number of carboxylic acid groups (broad SMARTS) is 6. The van der Waals surface area contributed by atoms with E-state index in [2.05, 4.69) is 0 Å². The van der Waals surface area contributed by atoms with Gasteiger partial charge in [-0.2, -0.15) is 0 Å². The third-order valence-electron chi connectivity index (χ3n) is 7.06. The first-order valence-electron chi connectivity index (χ1n) is 18.6. The molecule has 0 aliphatic carbocycles. The van der Waals surface area contributed by atoms with Gasteiger partial charge in [-0.3, -0.25) is 19.2 Å². The number of ether oxygens (including phenoxy) is 2. The first-order chi connectivity index (χ1) is 27.8. The molecule has 10 atom stereocenters. The van der Waals surface area contributed by atoms with Gasteiger partial charge in [0.05, 0.1) is 55.1 Å². The molecule has 0 unspecified atom stereocenters. The number of carboxylic acids is 6. The Balaban J connectivity index is -0.000000237. The number of esters is 2. The second kappa shape index (κ2) is 32.6. The van der Waals surface area contributed by atoms with Crippen molar-refractivity contribution in [3.8, 4) is 0 Å². The molecule has 0 saturated carbocycles. The minimum atomic E-state index is -2.36. The van der Waals surface area contributed by atoms with E-state index >= 15 is 0 Å². The minimum Gasteiger partial charge on any atom is -0.481 e. The SMILES string of the molecule is CC(C)CC(=O)O[C@H](CC(=O)O)C[N+](C)(C)C.CC(C)CC(=O)O[C@H](CC(=O)O)C[N+](C)(C)C.O=C(O)[C@@H](O)[C@H](O)[C@H](O)[C@@H](O)C(=O)O.O=C(O)[C@@H](O)[C@H](O)[C@H](O)[C@@H](O)C(=O)O.[Zn+2]. The van der Waals surface area contributed by atoms with E-state index in [1.807, 2.05) is 70.0 Å². The molecule has 27 heteroatoms. The standard InChI is InChI=1S/2C12H23NO4.2C6H10O8.Zn/c2*1-9(2)6-12(16)17-10(7-11(14)15)8-13(3,4)5;2*7-1(3(9)5(11)12)2(8)4(10)6(13)14;/h2*9-10H,6-8H2,1-5H3;2*1-4,7-10H,(H,11,12)(H,13,14);/q;;;;+2/p+2/t2*10-;2*1-,2+,3+,4-;/m11.../s1. The maximum Gasteiger partial charge on any atom is 2.00 e. The van der Waals surface area contributed by atoms with Crippen LogP contribution in [0.15, 0.2) is 0 Å². The van der Waals surface area contributed by atoms with Crippen molar-refractivity contribution < 1.29 is 148 Å². The Morgan fingerprint density at radius 1 is 0.397 bits per heavy atom. The number of rotatable bonds is 24. The molecule has 364 valence electrons. The van der Waals surface area contributed by atoms with Gasteiger partial charge in [0.25, 0.3) is 0 Å². The average molecular weight is 978 g/mol. The van der Waals surface area contributed by atoms with Crippen LogP contribution in [0.5, 0.6) is 0 Å². The summed E-state index contributed by atoms with van der Waals surface area (Å²) in [7, 11) is 11.6. The van der Waals surface area contributed by atoms with Crippen LogP contribution in [-0.4, -0.2) is 245 Å². The molecule has 0 fully saturated rings. The Bertz CT molecular complexity index is 1270. The van der Waals surface area contributed by atoms with Gasteiger partial charge >= 0.3 is 67.2 Å². The van der Waals surface area contributed by atoms with Crippen molar-refractivity contribution in [2.75, 3.05) is 55.4 Å². The number of aliphatic hydroxyl groups excluding tert-OH is 8. The van der Waals surface area contributed by atoms with Crippen LogP contribution in [0.1, 0.15) is 53.4 Å². The fourth-order valence-corrected chi connectivity index (χ4v) is 4.36. The van der Waals surface area contributed by atoms with Crippen molar-refractivity contribution in [1.29, 1.82) is 0 Å². The summed E-state index contributed by atoms with van der Waals surface area (Å²) in [6.07, 6.45) is -19.3. The van der Waals surface area contributed by atoms with Crippen LogP contribution in [0.4, 0.5) is 0 Å². The van der Waals surface area contributed by atoms with Gasteiger partial charge in [-0.1, -0.05) is 27.7 Å². The van der Waals surface area contributed by atoms with Gasteiger partial charge in [-0.05, 0) is 11.8 Å². The number of carbonyl (C=O) groups excluding carboxylic acids is 2. The molecule has 0 spiro atoms. The zero-order chi connectivity index (χ0) is 50.2. The van der Waals surface area contributed by atoms with Gasteiger partial charge in [-0.25, -0.2) is 19.2 Å². The van der Waals surface area contributed by atoms with Crippen LogP contribution < -0.4 is 0 Å². The number of likely N-dealkylation sites (N-methyl/N-ethyl adjacent to an activating group) is 2. The summed E-state index contributed by atoms with van der Waals surface area (Å²) in [5, 5.41) is 120. The van der Waals surface area contributed by atoms with Gasteiger partial charge in [0, 0.05) is 12.8 Å². The first-order valence-corrected chi connectivity index (χ1v) is 18.6. The third-order valence-corrected chi connectivity index (χ3v) is 7.06. The van der Waals surface area contributed by atoms with Crippen LogP contribution in [-0.2, 0) is 67.3 Å². The third kappa shape index (κ3) is 37.1. The maximum absolute atomic E-state index is 11.5. The van der Waals surface area contributed by atoms with Crippen molar-refractivity contribution >= 4 is 47.8 Å². The number of nitrogens with zero attached hydrogens (tertiary/aromatic N) is 2. The van der Waals surface area contributed by atoms with Crippen LogP contribution in [0.3, 0.4) is 0 Å². The molecule has 0 aromatic heterocycles. The molecule has 0 radical (unpaired) electrons. The molecule has 63 heavy (non-hydrogen) atoms. The second-order valence-corrected chi connectivity index (χ2v) is 16.7. The number of hydrogen-bond acceptors (Lipinski definition) is 18. The molecule has 0 heterocycles. The van der Waals surface area contributed by atoms with Gasteiger partial charge in [0.15, 0.2) is 36.6 Å². The quantitative estimate of drug-likeness (QED) is 0.0246. The number of quaternary nitrogens is 2. The van der Waals surface area contributed by atoms with Crippen molar-refractivity contribution in [3.05, 3.63) is 0 Å². The topological polar surface area (TPSA) is 438 Å². The Labute approximate surface area is 376 Å². The van der Waals surface area contributed by atoms with Gasteiger partial charge < -0.3 is 89.9 Å². The van der Waals surface area contributed by atoms with E-state index in [9.17, 15) is 38.4 Å². The van der Waals surface area contributed by atoms with Crippen LogP contribution in [0, 0.1) is 11.8 Å². The maximum atomic E-state index is 11.5. The first kappa shape index (κ1) is 68.0. The molecule has 0 aromatic rings. The van der Waals surface area contributed by atoms with Crippen molar-refractivity contribution in [3.63, 3.8) is 0 Å². The molecule has 0 rings (SSSR count). The van der Waals surface area contributed by atoms with Crippen LogP contribution >= 0.6 is 0 Å². The molecule has 0 aromatic carbocycles. The predicted molar refractivity (Wildman–Crippen MR) is 208 cm³/mol. The van der Waals surface area contributed by atoms with E-state index in [0.717, 1.165) is 0 Å². The minimum absolute atomic E-state index is 0. The summed E-state index contributed by atoms with van der Waals surface area (Å²) in [5.74, 6) is -9.44. The average Bonchev–Trinajstić information content (AvgIpc) is 3.06. The fraction of sp³-hybridized carbons (Fsp3) is 0.778. The van der Waals surface area contributed by atoms with E-state index in [1.54, 1.807) is 0 Å². The summed E-state index contributed by atoms with van der Waals surface area (Å²) in [4.78, 5) is 84.8. The monoisotopic (exact) mass is 976 g/mol. The van der Waals surface area contributed by atoms with E-state index in [0.29, 0.717) is 34.9 Å². The van der Waals surface area contributed by atoms with Gasteiger partial charge in [0.2, 0.25) is 0 Å². The fourth-order valence-electron chi connectivity index (χ4n) is 4.36. The molecule has 0 bridgehead atoms. The zero-order valence-corrected chi connectivity index (χ0v) is 40.1. The normalized spacial score (nSPS) is 15.9. The van der Waals surface area contributed by atoms with Gasteiger partial charge in [0.1, 0.15) is 37.5 Å². The molecule has 14 N–H and O–H groups in total. The number of carbonyl (C=O) groups is 8. The Morgan fingerprint density at radius 3 is 0.714 bits per heavy atom. The second-order valence-electron chi connectivity index (χ2n) is 16.7. The van der Waals surface area contributed by atoms with Gasteiger partial charge in [-0.15, -0.1) is 0 Å². The Morgan fingerprint density at radius 2 is 0.587 bits per heavy atom. The molecule has 0 saturated heterocycles. The number of hydrogen-bond donors (Lipinski definition) is 14. The van der Waals surface area contributed by atoms with Crippen LogP contribution in [0.25, 0.3) is 0 Å². The van der Waals surface area contributed by atoms with E-state index in [-0.39, 0.29) is 56.1 Å². The molecular weight excluding hydrogens is 910 g/mol. The smallest absolute Gasteiger partial charge is 0.481 e. The summed E-state index contributed by atoms with van der Waals surface area (Å²) >= 11 is 0. The van der Waals surface area contributed by atoms with Crippen molar-refractivity contribution in [2.45, 2.75) is 114 Å². The summed E-state index contributed by atoms with van der Waals surface area (Å²) in [5.41, 5.74) is 0. The number of aliphatic carboxylic acids is 6. The Hall–Kier alpha value is -4.02. The molecular formula is C36H68N2O24Zn+4.